The number of hydrogen-bond donors (Lipinski definition) is 0. The van der Waals surface area contributed by atoms with Gasteiger partial charge in [0.15, 0.2) is 0 Å². The second-order valence-electron chi connectivity index (χ2n) is 5.15. The lowest BCUT2D eigenvalue weighted by atomic mass is 10.1. The molecule has 0 bridgehead atoms. The number of carboxylic acids is 1. The number of aryl methyl sites for hydroxylation is 1. The molecule has 0 N–H and O–H groups in total. The molecular formula is C19H14NO2-. The van der Waals surface area contributed by atoms with E-state index in [1.807, 2.05) is 43.3 Å². The molecule has 0 saturated heterocycles. The van der Waals surface area contributed by atoms with Crippen LogP contribution in [0.4, 0.5) is 0 Å². The van der Waals surface area contributed by atoms with E-state index >= 15 is 0 Å². The van der Waals surface area contributed by atoms with Gasteiger partial charge < -0.3 is 9.90 Å². The third-order valence-electron chi connectivity index (χ3n) is 3.44. The monoisotopic (exact) mass is 288 g/mol. The highest BCUT2D eigenvalue weighted by Crippen LogP contribution is 2.19. The van der Waals surface area contributed by atoms with Crippen molar-refractivity contribution in [2.45, 2.75) is 6.92 Å². The molecule has 3 nitrogen and oxygen atoms in total. The van der Waals surface area contributed by atoms with Crippen LogP contribution >= 0.6 is 0 Å². The maximum atomic E-state index is 11.3. The van der Waals surface area contributed by atoms with Gasteiger partial charge in [0, 0.05) is 10.9 Å². The third-order valence-corrected chi connectivity index (χ3v) is 3.44. The number of aromatic carboxylic acids is 1. The van der Waals surface area contributed by atoms with E-state index in [1.165, 1.54) is 5.56 Å². The molecule has 3 rings (SSSR count). The summed E-state index contributed by atoms with van der Waals surface area (Å²) in [4.78, 5) is 15.8. The van der Waals surface area contributed by atoms with E-state index < -0.39 is 5.97 Å². The fourth-order valence-electron chi connectivity index (χ4n) is 2.41. The van der Waals surface area contributed by atoms with Crippen molar-refractivity contribution in [3.05, 3.63) is 77.0 Å². The van der Waals surface area contributed by atoms with E-state index in [1.54, 1.807) is 24.3 Å². The summed E-state index contributed by atoms with van der Waals surface area (Å²) in [5, 5.41) is 11.9. The van der Waals surface area contributed by atoms with Gasteiger partial charge in [-0.05, 0) is 30.7 Å². The van der Waals surface area contributed by atoms with Crippen molar-refractivity contribution in [3.63, 3.8) is 0 Å². The van der Waals surface area contributed by atoms with Crippen molar-refractivity contribution in [3.8, 4) is 0 Å². The number of pyridine rings is 1. The summed E-state index contributed by atoms with van der Waals surface area (Å²) in [5.41, 5.74) is 3.62. The first-order chi connectivity index (χ1) is 10.6. The highest BCUT2D eigenvalue weighted by molar-refractivity contribution is 6.02. The van der Waals surface area contributed by atoms with Crippen LogP contribution in [0.5, 0.6) is 0 Å². The fourth-order valence-corrected chi connectivity index (χ4v) is 2.41. The largest absolute Gasteiger partial charge is 0.545 e. The molecule has 22 heavy (non-hydrogen) atoms. The number of benzene rings is 2. The summed E-state index contributed by atoms with van der Waals surface area (Å²) < 4.78 is 0. The minimum absolute atomic E-state index is 0.162. The van der Waals surface area contributed by atoms with Crippen LogP contribution in [-0.2, 0) is 0 Å². The second-order valence-corrected chi connectivity index (χ2v) is 5.15. The summed E-state index contributed by atoms with van der Waals surface area (Å²) in [6.45, 7) is 2.03. The van der Waals surface area contributed by atoms with Crippen molar-refractivity contribution >= 4 is 29.0 Å². The number of carbonyl (C=O) groups excluding carboxylic acids is 1. The summed E-state index contributed by atoms with van der Waals surface area (Å²) >= 11 is 0. The van der Waals surface area contributed by atoms with Crippen LogP contribution in [-0.4, -0.2) is 11.0 Å². The van der Waals surface area contributed by atoms with Crippen LogP contribution in [0.15, 0.2) is 54.6 Å². The number of nitrogens with zero attached hydrogens (tertiary/aromatic N) is 1. The average Bonchev–Trinajstić information content (AvgIpc) is 2.52. The highest BCUT2D eigenvalue weighted by atomic mass is 16.4. The molecule has 108 valence electrons. The first-order valence-corrected chi connectivity index (χ1v) is 6.99. The van der Waals surface area contributed by atoms with Gasteiger partial charge in [0.05, 0.1) is 17.2 Å². The maximum absolute atomic E-state index is 11.3. The van der Waals surface area contributed by atoms with E-state index in [9.17, 15) is 9.90 Å². The van der Waals surface area contributed by atoms with Crippen LogP contribution in [0.3, 0.4) is 0 Å². The van der Waals surface area contributed by atoms with Crippen molar-refractivity contribution in [1.29, 1.82) is 0 Å². The number of fused-ring (bicyclic) bond motifs is 1. The molecule has 0 unspecified atom stereocenters. The number of hydrogen-bond acceptors (Lipinski definition) is 3. The molecule has 0 aliphatic carbocycles. The Morgan fingerprint density at radius 2 is 1.86 bits per heavy atom. The van der Waals surface area contributed by atoms with Crippen LogP contribution in [0, 0.1) is 6.92 Å². The smallest absolute Gasteiger partial charge is 0.0722 e. The van der Waals surface area contributed by atoms with Crippen molar-refractivity contribution in [2.75, 3.05) is 0 Å². The normalized spacial score (nSPS) is 11.1. The van der Waals surface area contributed by atoms with Crippen molar-refractivity contribution in [2.24, 2.45) is 0 Å². The number of carboxylic acid groups (broad SMARTS) is 1. The standard InChI is InChI=1S/C19H15NO2/c1-13-5-4-6-14(11-13)9-10-15-12-17(19(21)22)16-7-2-3-8-18(16)20-15/h2-12H,1H3,(H,21,22)/p-1/b10-9+. The molecule has 2 aromatic carbocycles. The summed E-state index contributed by atoms with van der Waals surface area (Å²) in [7, 11) is 0. The fraction of sp³-hybridized carbons (Fsp3) is 0.0526. The predicted molar refractivity (Wildman–Crippen MR) is 86.2 cm³/mol. The second kappa shape index (κ2) is 5.82. The third kappa shape index (κ3) is 2.88. The predicted octanol–water partition coefficient (Wildman–Crippen LogP) is 3.08. The van der Waals surface area contributed by atoms with E-state index in [4.69, 9.17) is 0 Å². The molecule has 1 heterocycles. The first-order valence-electron chi connectivity index (χ1n) is 6.99. The van der Waals surface area contributed by atoms with Gasteiger partial charge in [0.2, 0.25) is 0 Å². The molecular weight excluding hydrogens is 274 g/mol. The topological polar surface area (TPSA) is 53.0 Å². The molecule has 3 aromatic rings. The minimum Gasteiger partial charge on any atom is -0.545 e. The van der Waals surface area contributed by atoms with Gasteiger partial charge in [-0.15, -0.1) is 0 Å². The van der Waals surface area contributed by atoms with Gasteiger partial charge in [0.1, 0.15) is 0 Å². The zero-order valence-corrected chi connectivity index (χ0v) is 12.1. The van der Waals surface area contributed by atoms with Gasteiger partial charge in [-0.3, -0.25) is 0 Å². The molecule has 0 fully saturated rings. The molecule has 0 atom stereocenters. The Bertz CT molecular complexity index is 881. The molecule has 0 aliphatic heterocycles. The summed E-state index contributed by atoms with van der Waals surface area (Å²) in [5.74, 6) is -1.19. The van der Waals surface area contributed by atoms with Crippen LogP contribution < -0.4 is 5.11 Å². The van der Waals surface area contributed by atoms with Gasteiger partial charge >= 0.3 is 0 Å². The number of para-hydroxylation sites is 1. The van der Waals surface area contributed by atoms with Gasteiger partial charge in [-0.2, -0.15) is 0 Å². The Morgan fingerprint density at radius 3 is 2.64 bits per heavy atom. The highest BCUT2D eigenvalue weighted by Gasteiger charge is 2.04. The first kappa shape index (κ1) is 14.0. The van der Waals surface area contributed by atoms with Crippen LogP contribution in [0.1, 0.15) is 27.2 Å². The lowest BCUT2D eigenvalue weighted by Gasteiger charge is -2.08. The number of rotatable bonds is 3. The molecule has 0 saturated carbocycles. The van der Waals surface area contributed by atoms with Gasteiger partial charge in [-0.25, -0.2) is 4.98 Å². The number of aromatic nitrogens is 1. The lowest BCUT2D eigenvalue weighted by Crippen LogP contribution is -2.22. The average molecular weight is 288 g/mol. The Hall–Kier alpha value is -2.94. The molecule has 0 aliphatic rings. The Morgan fingerprint density at radius 1 is 1.05 bits per heavy atom. The van der Waals surface area contributed by atoms with Crippen LogP contribution in [0.25, 0.3) is 23.1 Å². The lowest BCUT2D eigenvalue weighted by molar-refractivity contribution is -0.254. The Kier molecular flexibility index (Phi) is 3.71. The molecule has 0 amide bonds. The van der Waals surface area contributed by atoms with Crippen molar-refractivity contribution in [1.82, 2.24) is 4.98 Å². The Balaban J connectivity index is 2.06. The summed E-state index contributed by atoms with van der Waals surface area (Å²) in [6.07, 6.45) is 3.73. The minimum atomic E-state index is -1.19. The number of carbonyl (C=O) groups is 1. The van der Waals surface area contributed by atoms with Gasteiger partial charge in [-0.1, -0.05) is 54.1 Å². The zero-order valence-electron chi connectivity index (χ0n) is 12.1. The SMILES string of the molecule is Cc1cccc(/C=C/c2cc(C(=O)[O-])c3ccccc3n2)c1. The van der Waals surface area contributed by atoms with Crippen LogP contribution in [0.2, 0.25) is 0 Å². The van der Waals surface area contributed by atoms with E-state index in [0.717, 1.165) is 5.56 Å². The van der Waals surface area contributed by atoms with Crippen molar-refractivity contribution < 1.29 is 9.90 Å². The molecule has 1 aromatic heterocycles. The summed E-state index contributed by atoms with van der Waals surface area (Å²) in [6, 6.07) is 16.8. The molecule has 3 heteroatoms. The Labute approximate surface area is 128 Å². The van der Waals surface area contributed by atoms with E-state index in [2.05, 4.69) is 11.1 Å². The zero-order chi connectivity index (χ0) is 15.5. The molecule has 0 spiro atoms. The van der Waals surface area contributed by atoms with E-state index in [-0.39, 0.29) is 5.56 Å². The van der Waals surface area contributed by atoms with E-state index in [0.29, 0.717) is 16.6 Å². The molecule has 0 radical (unpaired) electrons. The maximum Gasteiger partial charge on any atom is 0.0722 e. The quantitative estimate of drug-likeness (QED) is 0.744. The van der Waals surface area contributed by atoms with Gasteiger partial charge in [0.25, 0.3) is 0 Å².